The van der Waals surface area contributed by atoms with Crippen LogP contribution in [0.25, 0.3) is 0 Å². The molecule has 1 heterocycles. The number of imide groups is 1. The predicted octanol–water partition coefficient (Wildman–Crippen LogP) is 6.30. The lowest BCUT2D eigenvalue weighted by Gasteiger charge is -2.35. The zero-order chi connectivity index (χ0) is 25.3. The summed E-state index contributed by atoms with van der Waals surface area (Å²) in [7, 11) is 1.31. The lowest BCUT2D eigenvalue weighted by atomic mass is 10.2. The van der Waals surface area contributed by atoms with Gasteiger partial charge in [0.25, 0.3) is 5.91 Å². The second-order valence-corrected chi connectivity index (χ2v) is 9.88. The number of hydrogen-bond donors (Lipinski definition) is 0. The van der Waals surface area contributed by atoms with Crippen molar-refractivity contribution in [2.75, 3.05) is 16.8 Å². The van der Waals surface area contributed by atoms with E-state index in [0.717, 1.165) is 9.80 Å². The second kappa shape index (κ2) is 9.81. The van der Waals surface area contributed by atoms with E-state index in [4.69, 9.17) is 34.8 Å². The molecule has 1 unspecified atom stereocenters. The minimum atomic E-state index is -2.15. The van der Waals surface area contributed by atoms with Crippen molar-refractivity contribution in [1.82, 2.24) is 4.90 Å². The van der Waals surface area contributed by atoms with Crippen LogP contribution < -0.4 is 9.80 Å². The van der Waals surface area contributed by atoms with Crippen molar-refractivity contribution < 1.29 is 18.4 Å². The van der Waals surface area contributed by atoms with Crippen LogP contribution in [0.2, 0.25) is 0 Å². The number of para-hydroxylation sites is 1. The molecule has 1 fully saturated rings. The number of amides is 3. The van der Waals surface area contributed by atoms with Gasteiger partial charge in [0.05, 0.1) is 5.69 Å². The number of carbonyl (C=O) groups excluding carboxylic acids is 2. The molecule has 0 N–H and O–H groups in total. The van der Waals surface area contributed by atoms with Gasteiger partial charge in [0, 0.05) is 18.4 Å². The smallest absolute Gasteiger partial charge is 0.315 e. The van der Waals surface area contributed by atoms with Gasteiger partial charge < -0.3 is 4.90 Å². The summed E-state index contributed by atoms with van der Waals surface area (Å²) < 4.78 is 25.2. The van der Waals surface area contributed by atoms with E-state index >= 15 is 0 Å². The standard InChI is InChI=1S/C24H17Cl3F2N4O2/c1-31-21(34)20(33(23(31)35)17-5-3-2-4-6-17)30-22(24(25,26)27)32(18-11-7-15(28)8-12-18)19-13-9-16(29)10-14-19/h2-14,22H,1H3/b30-20+. The van der Waals surface area contributed by atoms with E-state index in [2.05, 4.69) is 4.99 Å². The van der Waals surface area contributed by atoms with E-state index in [9.17, 15) is 18.4 Å². The van der Waals surface area contributed by atoms with Gasteiger partial charge in [-0.2, -0.15) is 0 Å². The SMILES string of the molecule is CN1C(=O)/C(=N\C(N(c2ccc(F)cc2)c2ccc(F)cc2)C(Cl)(Cl)Cl)N(c2ccccc2)C1=O. The molecule has 11 heteroatoms. The summed E-state index contributed by atoms with van der Waals surface area (Å²) >= 11 is 19.1. The number of hydrogen-bond acceptors (Lipinski definition) is 4. The molecule has 0 spiro atoms. The predicted molar refractivity (Wildman–Crippen MR) is 134 cm³/mol. The number of nitrogens with zero attached hydrogens (tertiary/aromatic N) is 4. The van der Waals surface area contributed by atoms with Gasteiger partial charge in [-0.15, -0.1) is 0 Å². The topological polar surface area (TPSA) is 56.2 Å². The van der Waals surface area contributed by atoms with Crippen LogP contribution in [0.15, 0.2) is 83.9 Å². The Labute approximate surface area is 214 Å². The molecule has 0 aliphatic carbocycles. The van der Waals surface area contributed by atoms with Gasteiger partial charge in [-0.25, -0.2) is 23.5 Å². The lowest BCUT2D eigenvalue weighted by Crippen LogP contribution is -2.43. The molecule has 3 amide bonds. The molecular weight excluding hydrogens is 521 g/mol. The number of alkyl halides is 3. The van der Waals surface area contributed by atoms with Crippen LogP contribution in [0, 0.1) is 11.6 Å². The Balaban J connectivity index is 1.92. The molecule has 3 aromatic rings. The summed E-state index contributed by atoms with van der Waals surface area (Å²) in [6, 6.07) is 18.2. The van der Waals surface area contributed by atoms with Crippen LogP contribution in [-0.2, 0) is 4.79 Å². The highest BCUT2D eigenvalue weighted by atomic mass is 35.6. The average molecular weight is 538 g/mol. The van der Waals surface area contributed by atoms with Crippen molar-refractivity contribution in [3.8, 4) is 0 Å². The summed E-state index contributed by atoms with van der Waals surface area (Å²) in [5, 5.41) is 0. The van der Waals surface area contributed by atoms with Crippen molar-refractivity contribution >= 4 is 69.6 Å². The van der Waals surface area contributed by atoms with Crippen molar-refractivity contribution in [3.63, 3.8) is 0 Å². The van der Waals surface area contributed by atoms with Crippen molar-refractivity contribution in [2.24, 2.45) is 4.99 Å². The van der Waals surface area contributed by atoms with Gasteiger partial charge in [-0.05, 0) is 60.7 Å². The number of carbonyl (C=O) groups is 2. The summed E-state index contributed by atoms with van der Waals surface area (Å²) in [4.78, 5) is 33.8. The molecule has 0 saturated carbocycles. The number of amidine groups is 1. The van der Waals surface area contributed by atoms with E-state index in [1.165, 1.54) is 60.5 Å². The number of aliphatic imine (C=N–C) groups is 1. The zero-order valence-corrected chi connectivity index (χ0v) is 20.3. The van der Waals surface area contributed by atoms with Gasteiger partial charge in [0.1, 0.15) is 11.6 Å². The number of likely N-dealkylation sites (N-methyl/N-ethyl adjacent to an activating group) is 1. The number of halogens is 5. The Morgan fingerprint density at radius 2 is 1.31 bits per heavy atom. The molecule has 4 rings (SSSR count). The third kappa shape index (κ3) is 5.10. The molecule has 6 nitrogen and oxygen atoms in total. The first kappa shape index (κ1) is 24.9. The van der Waals surface area contributed by atoms with Crippen LogP contribution >= 0.6 is 34.8 Å². The van der Waals surface area contributed by atoms with Crippen molar-refractivity contribution in [1.29, 1.82) is 0 Å². The summed E-state index contributed by atoms with van der Waals surface area (Å²) in [6.07, 6.45) is -1.42. The van der Waals surface area contributed by atoms with Gasteiger partial charge >= 0.3 is 6.03 Å². The Morgan fingerprint density at radius 1 is 0.829 bits per heavy atom. The molecule has 35 heavy (non-hydrogen) atoms. The lowest BCUT2D eigenvalue weighted by molar-refractivity contribution is -0.119. The molecular formula is C24H17Cl3F2N4O2. The quantitative estimate of drug-likeness (QED) is 0.284. The van der Waals surface area contributed by atoms with Crippen molar-refractivity contribution in [2.45, 2.75) is 9.96 Å². The summed E-state index contributed by atoms with van der Waals surface area (Å²) in [6.45, 7) is 0. The second-order valence-electron chi connectivity index (χ2n) is 7.51. The maximum Gasteiger partial charge on any atom is 0.337 e. The minimum Gasteiger partial charge on any atom is -0.315 e. The first-order chi connectivity index (χ1) is 16.6. The summed E-state index contributed by atoms with van der Waals surface area (Å²) in [5.41, 5.74) is 1.07. The largest absolute Gasteiger partial charge is 0.337 e. The molecule has 1 aliphatic rings. The van der Waals surface area contributed by atoms with Crippen LogP contribution in [-0.4, -0.2) is 39.7 Å². The molecule has 1 aliphatic heterocycles. The third-order valence-corrected chi connectivity index (χ3v) is 5.78. The van der Waals surface area contributed by atoms with E-state index in [-0.39, 0.29) is 5.84 Å². The van der Waals surface area contributed by atoms with Crippen molar-refractivity contribution in [3.05, 3.63) is 90.5 Å². The van der Waals surface area contributed by atoms with Crippen LogP contribution in [0.5, 0.6) is 0 Å². The highest BCUT2D eigenvalue weighted by molar-refractivity contribution is 6.68. The Hall–Kier alpha value is -3.20. The fraction of sp³-hybridized carbons (Fsp3) is 0.125. The van der Waals surface area contributed by atoms with Gasteiger partial charge in [-0.3, -0.25) is 9.69 Å². The first-order valence-electron chi connectivity index (χ1n) is 10.2. The summed E-state index contributed by atoms with van der Waals surface area (Å²) in [5.74, 6) is -2.00. The highest BCUT2D eigenvalue weighted by Gasteiger charge is 2.45. The molecule has 180 valence electrons. The van der Waals surface area contributed by atoms with E-state index in [0.29, 0.717) is 17.1 Å². The van der Waals surface area contributed by atoms with Crippen LogP contribution in [0.1, 0.15) is 0 Å². The monoisotopic (exact) mass is 536 g/mol. The van der Waals surface area contributed by atoms with Crippen LogP contribution in [0.4, 0.5) is 30.6 Å². The van der Waals surface area contributed by atoms with Gasteiger partial charge in [-0.1, -0.05) is 53.0 Å². The Morgan fingerprint density at radius 3 is 1.77 bits per heavy atom. The number of anilines is 3. The molecule has 0 bridgehead atoms. The maximum atomic E-state index is 13.7. The molecule has 0 aromatic heterocycles. The van der Waals surface area contributed by atoms with E-state index < -0.39 is 33.5 Å². The van der Waals surface area contributed by atoms with Gasteiger partial charge in [0.15, 0.2) is 6.17 Å². The van der Waals surface area contributed by atoms with E-state index in [1.54, 1.807) is 30.3 Å². The molecule has 1 saturated heterocycles. The van der Waals surface area contributed by atoms with E-state index in [1.807, 2.05) is 0 Å². The Kier molecular flexibility index (Phi) is 6.98. The molecule has 1 atom stereocenters. The molecule has 3 aromatic carbocycles. The van der Waals surface area contributed by atoms with Gasteiger partial charge in [0.2, 0.25) is 9.63 Å². The number of benzene rings is 3. The minimum absolute atomic E-state index is 0.283. The number of rotatable bonds is 5. The number of urea groups is 1. The van der Waals surface area contributed by atoms with Crippen LogP contribution in [0.3, 0.4) is 0 Å². The zero-order valence-electron chi connectivity index (χ0n) is 18.1. The normalized spacial score (nSPS) is 16.2. The molecule has 0 radical (unpaired) electrons. The fourth-order valence-corrected chi connectivity index (χ4v) is 3.96. The highest BCUT2D eigenvalue weighted by Crippen LogP contribution is 2.41. The Bertz CT molecular complexity index is 1220. The average Bonchev–Trinajstić information content (AvgIpc) is 3.04. The maximum absolute atomic E-state index is 13.7. The fourth-order valence-electron chi connectivity index (χ4n) is 3.52. The third-order valence-electron chi connectivity index (χ3n) is 5.19. The first-order valence-corrected chi connectivity index (χ1v) is 11.3.